The number of likely N-dealkylation sites (tertiary alicyclic amines) is 1. The second-order valence-corrected chi connectivity index (χ2v) is 8.79. The fourth-order valence-electron chi connectivity index (χ4n) is 4.97. The maximum atomic E-state index is 13.2. The van der Waals surface area contributed by atoms with Crippen LogP contribution in [0.1, 0.15) is 39.5 Å². The van der Waals surface area contributed by atoms with E-state index in [2.05, 4.69) is 34.5 Å². The van der Waals surface area contributed by atoms with E-state index >= 15 is 0 Å². The van der Waals surface area contributed by atoms with E-state index < -0.39 is 0 Å². The van der Waals surface area contributed by atoms with Crippen molar-refractivity contribution in [2.24, 2.45) is 11.8 Å². The van der Waals surface area contributed by atoms with Crippen LogP contribution in [-0.2, 0) is 0 Å². The third kappa shape index (κ3) is 3.90. The number of halogens is 1. The summed E-state index contributed by atoms with van der Waals surface area (Å²) < 4.78 is 13.2. The summed E-state index contributed by atoms with van der Waals surface area (Å²) in [7, 11) is 0. The second kappa shape index (κ2) is 7.83. The Balaban J connectivity index is 1.34. The molecule has 3 fully saturated rings. The minimum Gasteiger partial charge on any atom is -0.370 e. The molecule has 1 aromatic rings. The SMILES string of the molecule is CC(C)CCC1NNC2CCN(C3CCN(c4ccc(F)cc4)C3)CC12. The molecule has 3 heterocycles. The van der Waals surface area contributed by atoms with Gasteiger partial charge in [0.05, 0.1) is 0 Å². The number of anilines is 1. The van der Waals surface area contributed by atoms with Crippen molar-refractivity contribution in [3.8, 4) is 0 Å². The topological polar surface area (TPSA) is 30.5 Å². The molecule has 1 aromatic carbocycles. The van der Waals surface area contributed by atoms with Gasteiger partial charge in [-0.05, 0) is 55.9 Å². The molecular weight excluding hydrogens is 327 g/mol. The number of nitrogens with zero attached hydrogens (tertiary/aromatic N) is 2. The standard InChI is InChI=1S/C21H33FN4/c1-15(2)3-8-20-19-14-26(12-10-21(19)24-23-20)18-9-11-25(13-18)17-6-4-16(22)5-7-17/h4-7,15,18-21,23-24H,3,8-14H2,1-2H3. The Morgan fingerprint density at radius 3 is 2.65 bits per heavy atom. The molecular formula is C21H33FN4. The molecule has 0 saturated carbocycles. The number of piperidine rings is 1. The fraction of sp³-hybridized carbons (Fsp3) is 0.714. The van der Waals surface area contributed by atoms with Crippen LogP contribution >= 0.6 is 0 Å². The van der Waals surface area contributed by atoms with Gasteiger partial charge in [-0.15, -0.1) is 0 Å². The van der Waals surface area contributed by atoms with Crippen LogP contribution in [0.3, 0.4) is 0 Å². The molecule has 0 spiro atoms. The second-order valence-electron chi connectivity index (χ2n) is 8.79. The van der Waals surface area contributed by atoms with Crippen molar-refractivity contribution in [1.82, 2.24) is 15.8 Å². The number of fused-ring (bicyclic) bond motifs is 1. The summed E-state index contributed by atoms with van der Waals surface area (Å²) in [5.74, 6) is 1.34. The molecule has 0 amide bonds. The molecule has 4 atom stereocenters. The zero-order valence-corrected chi connectivity index (χ0v) is 16.1. The van der Waals surface area contributed by atoms with Crippen molar-refractivity contribution in [2.75, 3.05) is 31.1 Å². The van der Waals surface area contributed by atoms with Gasteiger partial charge < -0.3 is 4.90 Å². The molecule has 144 valence electrons. The van der Waals surface area contributed by atoms with Gasteiger partial charge in [0, 0.05) is 55.9 Å². The van der Waals surface area contributed by atoms with Gasteiger partial charge in [0.2, 0.25) is 0 Å². The van der Waals surface area contributed by atoms with Crippen LogP contribution in [-0.4, -0.2) is 49.2 Å². The molecule has 4 rings (SSSR count). The van der Waals surface area contributed by atoms with Gasteiger partial charge in [0.25, 0.3) is 0 Å². The van der Waals surface area contributed by atoms with E-state index in [9.17, 15) is 4.39 Å². The molecule has 0 aromatic heterocycles. The van der Waals surface area contributed by atoms with Gasteiger partial charge >= 0.3 is 0 Å². The van der Waals surface area contributed by atoms with E-state index in [0.717, 1.165) is 30.6 Å². The van der Waals surface area contributed by atoms with Crippen molar-refractivity contribution in [2.45, 2.75) is 57.7 Å². The van der Waals surface area contributed by atoms with Crippen LogP contribution in [0.15, 0.2) is 24.3 Å². The summed E-state index contributed by atoms with van der Waals surface area (Å²) in [5.41, 5.74) is 8.30. The predicted molar refractivity (Wildman–Crippen MR) is 105 cm³/mol. The molecule has 3 saturated heterocycles. The monoisotopic (exact) mass is 360 g/mol. The van der Waals surface area contributed by atoms with Gasteiger partial charge in [-0.2, -0.15) is 0 Å². The number of benzene rings is 1. The van der Waals surface area contributed by atoms with Crippen molar-refractivity contribution < 1.29 is 4.39 Å². The first-order valence-electron chi connectivity index (χ1n) is 10.4. The van der Waals surface area contributed by atoms with Crippen molar-refractivity contribution >= 4 is 5.69 Å². The third-order valence-corrected chi connectivity index (χ3v) is 6.59. The van der Waals surface area contributed by atoms with Crippen molar-refractivity contribution in [3.05, 3.63) is 30.1 Å². The first-order valence-corrected chi connectivity index (χ1v) is 10.4. The summed E-state index contributed by atoms with van der Waals surface area (Å²) >= 11 is 0. The fourth-order valence-corrected chi connectivity index (χ4v) is 4.97. The predicted octanol–water partition coefficient (Wildman–Crippen LogP) is 3.01. The summed E-state index contributed by atoms with van der Waals surface area (Å²) in [6.07, 6.45) is 5.02. The third-order valence-electron chi connectivity index (χ3n) is 6.59. The normalized spacial score (nSPS) is 32.4. The van der Waals surface area contributed by atoms with Gasteiger partial charge in [0.1, 0.15) is 5.82 Å². The average Bonchev–Trinajstić information content (AvgIpc) is 3.27. The minimum absolute atomic E-state index is 0.153. The van der Waals surface area contributed by atoms with E-state index in [0.29, 0.717) is 18.1 Å². The minimum atomic E-state index is -0.153. The van der Waals surface area contributed by atoms with Crippen molar-refractivity contribution in [3.63, 3.8) is 0 Å². The number of nitrogens with one attached hydrogen (secondary N) is 2. The van der Waals surface area contributed by atoms with Gasteiger partial charge in [-0.3, -0.25) is 15.8 Å². The first kappa shape index (κ1) is 18.2. The lowest BCUT2D eigenvalue weighted by Crippen LogP contribution is -2.50. The Labute approximate surface area is 157 Å². The molecule has 3 aliphatic rings. The van der Waals surface area contributed by atoms with Gasteiger partial charge in [0.15, 0.2) is 0 Å². The zero-order valence-electron chi connectivity index (χ0n) is 16.1. The number of hydrogen-bond donors (Lipinski definition) is 2. The van der Waals surface area contributed by atoms with Gasteiger partial charge in [-0.1, -0.05) is 13.8 Å². The molecule has 0 aliphatic carbocycles. The largest absolute Gasteiger partial charge is 0.370 e. The van der Waals surface area contributed by atoms with Crippen LogP contribution in [0, 0.1) is 17.7 Å². The lowest BCUT2D eigenvalue weighted by molar-refractivity contribution is 0.115. The number of hydrazine groups is 1. The number of hydrogen-bond acceptors (Lipinski definition) is 4. The van der Waals surface area contributed by atoms with E-state index in [4.69, 9.17) is 0 Å². The van der Waals surface area contributed by atoms with Crippen LogP contribution in [0.25, 0.3) is 0 Å². The van der Waals surface area contributed by atoms with E-state index in [1.165, 1.54) is 38.8 Å². The van der Waals surface area contributed by atoms with Crippen LogP contribution < -0.4 is 15.8 Å². The highest BCUT2D eigenvalue weighted by atomic mass is 19.1. The Kier molecular flexibility index (Phi) is 5.48. The quantitative estimate of drug-likeness (QED) is 0.845. The van der Waals surface area contributed by atoms with E-state index in [1.807, 2.05) is 12.1 Å². The smallest absolute Gasteiger partial charge is 0.123 e. The first-order chi connectivity index (χ1) is 12.6. The maximum absolute atomic E-state index is 13.2. The molecule has 3 aliphatic heterocycles. The maximum Gasteiger partial charge on any atom is 0.123 e. The highest BCUT2D eigenvalue weighted by Gasteiger charge is 2.41. The molecule has 2 N–H and O–H groups in total. The van der Waals surface area contributed by atoms with Gasteiger partial charge in [-0.25, -0.2) is 4.39 Å². The average molecular weight is 361 g/mol. The molecule has 4 nitrogen and oxygen atoms in total. The Hall–Kier alpha value is -1.17. The summed E-state index contributed by atoms with van der Waals surface area (Å²) in [4.78, 5) is 5.14. The highest BCUT2D eigenvalue weighted by molar-refractivity contribution is 5.47. The zero-order chi connectivity index (χ0) is 18.1. The van der Waals surface area contributed by atoms with Crippen LogP contribution in [0.4, 0.5) is 10.1 Å². The Morgan fingerprint density at radius 2 is 1.88 bits per heavy atom. The molecule has 5 heteroatoms. The highest BCUT2D eigenvalue weighted by Crippen LogP contribution is 2.31. The molecule has 0 radical (unpaired) electrons. The molecule has 26 heavy (non-hydrogen) atoms. The summed E-state index contributed by atoms with van der Waals surface area (Å²) in [6, 6.07) is 8.85. The Morgan fingerprint density at radius 1 is 1.08 bits per heavy atom. The molecule has 0 bridgehead atoms. The Bertz CT molecular complexity index is 590. The van der Waals surface area contributed by atoms with Crippen LogP contribution in [0.5, 0.6) is 0 Å². The van der Waals surface area contributed by atoms with Crippen molar-refractivity contribution in [1.29, 1.82) is 0 Å². The number of rotatable bonds is 5. The van der Waals surface area contributed by atoms with E-state index in [1.54, 1.807) is 12.1 Å². The van der Waals surface area contributed by atoms with E-state index in [-0.39, 0.29) is 5.82 Å². The summed E-state index contributed by atoms with van der Waals surface area (Å²) in [5, 5.41) is 0. The lowest BCUT2D eigenvalue weighted by atomic mass is 9.85. The lowest BCUT2D eigenvalue weighted by Gasteiger charge is -2.39. The van der Waals surface area contributed by atoms with Crippen LogP contribution in [0.2, 0.25) is 0 Å². The molecule has 4 unspecified atom stereocenters. The summed E-state index contributed by atoms with van der Waals surface area (Å²) in [6.45, 7) is 9.17.